The Bertz CT molecular complexity index is 679. The first-order chi connectivity index (χ1) is 10.0. The Labute approximate surface area is 131 Å². The van der Waals surface area contributed by atoms with Gasteiger partial charge in [-0.3, -0.25) is 0 Å². The summed E-state index contributed by atoms with van der Waals surface area (Å²) >= 11 is 5.81. The fourth-order valence-corrected chi connectivity index (χ4v) is 3.13. The molecule has 0 aliphatic rings. The number of nitrogens with one attached hydrogen (secondary N) is 1. The minimum Gasteiger partial charge on any atom is -0.211 e. The average Bonchev–Trinajstić information content (AvgIpc) is 2.49. The van der Waals surface area contributed by atoms with Crippen LogP contribution >= 0.6 is 11.6 Å². The van der Waals surface area contributed by atoms with Gasteiger partial charge < -0.3 is 0 Å². The molecule has 0 spiro atoms. The van der Waals surface area contributed by atoms with Crippen molar-refractivity contribution in [3.8, 4) is 0 Å². The molecule has 3 nitrogen and oxygen atoms in total. The lowest BCUT2D eigenvalue weighted by atomic mass is 10.2. The summed E-state index contributed by atoms with van der Waals surface area (Å²) in [6.07, 6.45) is 1.52. The summed E-state index contributed by atoms with van der Waals surface area (Å²) in [5.74, 6) is 0. The number of hydrogen-bond donors (Lipinski definition) is 1. The summed E-state index contributed by atoms with van der Waals surface area (Å²) in [7, 11) is -3.44. The molecule has 5 heteroatoms. The number of hydrogen-bond acceptors (Lipinski definition) is 2. The molecule has 0 amide bonds. The van der Waals surface area contributed by atoms with Crippen LogP contribution in [0.4, 0.5) is 0 Å². The Hall–Kier alpha value is -1.36. The van der Waals surface area contributed by atoms with Gasteiger partial charge in [-0.25, -0.2) is 13.1 Å². The minimum absolute atomic E-state index is 0.302. The van der Waals surface area contributed by atoms with Crippen LogP contribution in [0, 0.1) is 0 Å². The van der Waals surface area contributed by atoms with Crippen molar-refractivity contribution in [2.45, 2.75) is 24.7 Å². The Kier molecular flexibility index (Phi) is 5.39. The first kappa shape index (κ1) is 16.0. The highest BCUT2D eigenvalue weighted by Crippen LogP contribution is 2.12. The van der Waals surface area contributed by atoms with Crippen LogP contribution in [0.2, 0.25) is 5.02 Å². The Balaban J connectivity index is 1.95. The van der Waals surface area contributed by atoms with Gasteiger partial charge in [0.1, 0.15) is 0 Å². The van der Waals surface area contributed by atoms with Gasteiger partial charge in [0.2, 0.25) is 10.0 Å². The molecule has 0 aliphatic heterocycles. The van der Waals surface area contributed by atoms with E-state index in [2.05, 4.69) is 4.72 Å². The number of benzene rings is 2. The molecule has 1 N–H and O–H groups in total. The zero-order valence-corrected chi connectivity index (χ0v) is 13.4. The van der Waals surface area contributed by atoms with Crippen LogP contribution in [0.3, 0.4) is 0 Å². The van der Waals surface area contributed by atoms with E-state index < -0.39 is 10.0 Å². The van der Waals surface area contributed by atoms with E-state index in [1.165, 1.54) is 0 Å². The van der Waals surface area contributed by atoms with Gasteiger partial charge in [-0.15, -0.1) is 0 Å². The Morgan fingerprint density at radius 3 is 2.10 bits per heavy atom. The van der Waals surface area contributed by atoms with Crippen molar-refractivity contribution in [1.82, 2.24) is 4.72 Å². The Morgan fingerprint density at radius 1 is 0.952 bits per heavy atom. The third-order valence-electron chi connectivity index (χ3n) is 3.26. The normalized spacial score (nSPS) is 11.5. The molecule has 0 atom stereocenters. The molecule has 112 valence electrons. The van der Waals surface area contributed by atoms with Crippen molar-refractivity contribution in [1.29, 1.82) is 0 Å². The summed E-state index contributed by atoms with van der Waals surface area (Å²) in [6.45, 7) is 2.40. The van der Waals surface area contributed by atoms with E-state index >= 15 is 0 Å². The standard InChI is InChI=1S/C16H18ClNO2S/c1-2-13-5-9-16(10-6-13)21(19,20)18-12-11-14-3-7-15(17)8-4-14/h3-10,18H,2,11-12H2,1H3. The van der Waals surface area contributed by atoms with E-state index in [9.17, 15) is 8.42 Å². The molecule has 2 aromatic carbocycles. The first-order valence-corrected chi connectivity index (χ1v) is 8.70. The fraction of sp³-hybridized carbons (Fsp3) is 0.250. The SMILES string of the molecule is CCc1ccc(S(=O)(=O)NCCc2ccc(Cl)cc2)cc1. The van der Waals surface area contributed by atoms with Gasteiger partial charge in [0, 0.05) is 11.6 Å². The van der Waals surface area contributed by atoms with E-state index in [1.807, 2.05) is 31.2 Å². The molecule has 0 saturated heterocycles. The van der Waals surface area contributed by atoms with Crippen molar-refractivity contribution in [2.24, 2.45) is 0 Å². The molecule has 0 radical (unpaired) electrons. The van der Waals surface area contributed by atoms with Gasteiger partial charge in [-0.05, 0) is 48.2 Å². The number of rotatable bonds is 6. The lowest BCUT2D eigenvalue weighted by Gasteiger charge is -2.07. The number of halogens is 1. The summed E-state index contributed by atoms with van der Waals surface area (Å²) in [6, 6.07) is 14.4. The molecule has 2 rings (SSSR count). The minimum atomic E-state index is -3.44. The van der Waals surface area contributed by atoms with Gasteiger partial charge in [0.25, 0.3) is 0 Å². The van der Waals surface area contributed by atoms with Gasteiger partial charge in [-0.1, -0.05) is 42.8 Å². The van der Waals surface area contributed by atoms with Crippen molar-refractivity contribution in [2.75, 3.05) is 6.54 Å². The van der Waals surface area contributed by atoms with E-state index in [4.69, 9.17) is 11.6 Å². The molecule has 0 bridgehead atoms. The van der Waals surface area contributed by atoms with Crippen LogP contribution in [0.15, 0.2) is 53.4 Å². The maximum atomic E-state index is 12.1. The average molecular weight is 324 g/mol. The third kappa shape index (κ3) is 4.56. The monoisotopic (exact) mass is 323 g/mol. The van der Waals surface area contributed by atoms with Crippen LogP contribution in [0.1, 0.15) is 18.1 Å². The van der Waals surface area contributed by atoms with Crippen LogP contribution in [0.5, 0.6) is 0 Å². The van der Waals surface area contributed by atoms with Gasteiger partial charge >= 0.3 is 0 Å². The molecule has 21 heavy (non-hydrogen) atoms. The molecule has 0 aliphatic carbocycles. The van der Waals surface area contributed by atoms with Gasteiger partial charge in [0.15, 0.2) is 0 Å². The van der Waals surface area contributed by atoms with Crippen molar-refractivity contribution >= 4 is 21.6 Å². The van der Waals surface area contributed by atoms with Gasteiger partial charge in [0.05, 0.1) is 4.90 Å². The molecular formula is C16H18ClNO2S. The van der Waals surface area contributed by atoms with Crippen molar-refractivity contribution < 1.29 is 8.42 Å². The summed E-state index contributed by atoms with van der Waals surface area (Å²) in [5, 5.41) is 0.676. The van der Waals surface area contributed by atoms with Crippen LogP contribution in [-0.4, -0.2) is 15.0 Å². The number of sulfonamides is 1. The highest BCUT2D eigenvalue weighted by Gasteiger charge is 2.12. The van der Waals surface area contributed by atoms with Crippen molar-refractivity contribution in [3.63, 3.8) is 0 Å². The second-order valence-corrected chi connectivity index (χ2v) is 6.98. The summed E-state index contributed by atoms with van der Waals surface area (Å²) < 4.78 is 26.9. The zero-order chi connectivity index (χ0) is 15.3. The topological polar surface area (TPSA) is 46.2 Å². The van der Waals surface area contributed by atoms with E-state index in [-0.39, 0.29) is 0 Å². The third-order valence-corrected chi connectivity index (χ3v) is 4.99. The summed E-state index contributed by atoms with van der Waals surface area (Å²) in [4.78, 5) is 0.302. The second kappa shape index (κ2) is 7.07. The first-order valence-electron chi connectivity index (χ1n) is 6.84. The quantitative estimate of drug-likeness (QED) is 0.885. The van der Waals surface area contributed by atoms with Crippen LogP contribution in [0.25, 0.3) is 0 Å². The largest absolute Gasteiger partial charge is 0.240 e. The molecule has 0 fully saturated rings. The second-order valence-electron chi connectivity index (χ2n) is 4.77. The van der Waals surface area contributed by atoms with E-state index in [1.54, 1.807) is 24.3 Å². The Morgan fingerprint density at radius 2 is 1.52 bits per heavy atom. The van der Waals surface area contributed by atoms with Crippen LogP contribution in [-0.2, 0) is 22.9 Å². The molecule has 0 unspecified atom stereocenters. The maximum Gasteiger partial charge on any atom is 0.240 e. The highest BCUT2D eigenvalue weighted by molar-refractivity contribution is 7.89. The molecule has 0 heterocycles. The van der Waals surface area contributed by atoms with E-state index in [0.29, 0.717) is 22.9 Å². The fourth-order valence-electron chi connectivity index (χ4n) is 1.97. The van der Waals surface area contributed by atoms with Gasteiger partial charge in [-0.2, -0.15) is 0 Å². The lowest BCUT2D eigenvalue weighted by Crippen LogP contribution is -2.26. The van der Waals surface area contributed by atoms with E-state index in [0.717, 1.165) is 17.5 Å². The predicted molar refractivity (Wildman–Crippen MR) is 86.2 cm³/mol. The molecule has 0 aromatic heterocycles. The zero-order valence-electron chi connectivity index (χ0n) is 11.8. The maximum absolute atomic E-state index is 12.1. The van der Waals surface area contributed by atoms with Crippen molar-refractivity contribution in [3.05, 3.63) is 64.7 Å². The smallest absolute Gasteiger partial charge is 0.211 e. The summed E-state index contributed by atoms with van der Waals surface area (Å²) in [5.41, 5.74) is 2.17. The van der Waals surface area contributed by atoms with Crippen LogP contribution < -0.4 is 4.72 Å². The number of aryl methyl sites for hydroxylation is 1. The lowest BCUT2D eigenvalue weighted by molar-refractivity contribution is 0.581. The molecular weight excluding hydrogens is 306 g/mol. The molecule has 0 saturated carbocycles. The highest BCUT2D eigenvalue weighted by atomic mass is 35.5. The predicted octanol–water partition coefficient (Wildman–Crippen LogP) is 3.42. The molecule has 2 aromatic rings.